The van der Waals surface area contributed by atoms with Crippen LogP contribution in [-0.4, -0.2) is 103 Å². The topological polar surface area (TPSA) is 220 Å². The largest absolute Gasteiger partial charge is 0.466 e. The molecule has 3 aromatic heterocycles. The first-order chi connectivity index (χ1) is 44.0. The van der Waals surface area contributed by atoms with Crippen LogP contribution in [0.15, 0.2) is 24.3 Å². The third-order valence-corrected chi connectivity index (χ3v) is 23.4. The Morgan fingerprint density at radius 2 is 0.700 bits per heavy atom. The van der Waals surface area contributed by atoms with Crippen LogP contribution in [0.5, 0.6) is 0 Å². The number of carbonyl (C=O) groups is 6. The summed E-state index contributed by atoms with van der Waals surface area (Å²) in [4.78, 5) is 78.0. The average Bonchev–Trinajstić information content (AvgIpc) is 3.20. The molecule has 3 heterocycles. The van der Waals surface area contributed by atoms with Gasteiger partial charge in [-0.05, 0) is 204 Å². The number of ether oxygens (including phenoxy) is 3. The van der Waals surface area contributed by atoms with Crippen LogP contribution in [0, 0.1) is 53.3 Å². The van der Waals surface area contributed by atoms with Gasteiger partial charge in [0.2, 0.25) is 0 Å². The Morgan fingerprint density at radius 3 is 1.07 bits per heavy atom. The second kappa shape index (κ2) is 28.0. The summed E-state index contributed by atoms with van der Waals surface area (Å²) in [7, 11) is 0. The minimum Gasteiger partial charge on any atom is -0.466 e. The predicted molar refractivity (Wildman–Crippen MR) is 339 cm³/mol. The van der Waals surface area contributed by atoms with Crippen molar-refractivity contribution in [2.75, 3.05) is 19.8 Å². The molecular weight excluding hydrogens is 1130 g/mol. The van der Waals surface area contributed by atoms with Gasteiger partial charge >= 0.3 is 17.9 Å². The van der Waals surface area contributed by atoms with Crippen LogP contribution in [0.25, 0.3) is 0 Å². The number of esters is 3. The molecule has 0 saturated heterocycles. The summed E-state index contributed by atoms with van der Waals surface area (Å²) >= 11 is 0. The number of rotatable bonds is 15. The maximum Gasteiger partial charge on any atom is 0.311 e. The van der Waals surface area contributed by atoms with Crippen molar-refractivity contribution >= 4 is 35.6 Å². The fraction of sp³-hybridized carbons (Fsp3) is 0.736. The summed E-state index contributed by atoms with van der Waals surface area (Å²) in [6, 6.07) is 0.835. The summed E-state index contributed by atoms with van der Waals surface area (Å²) in [5, 5.41) is 24.4. The highest BCUT2D eigenvalue weighted by Crippen LogP contribution is 2.50. The molecule has 7 saturated carbocycles. The van der Waals surface area contributed by atoms with Crippen molar-refractivity contribution in [3.05, 3.63) is 75.2 Å². The Balaban J connectivity index is 0.000000124. The first-order valence-electron chi connectivity index (χ1n) is 36.1. The highest BCUT2D eigenvalue weighted by atomic mass is 16.5. The van der Waals surface area contributed by atoms with Crippen LogP contribution in [0.3, 0.4) is 0 Å². The molecule has 12 atom stereocenters. The summed E-state index contributed by atoms with van der Waals surface area (Å²) in [6.07, 6.45) is 44.8. The minimum atomic E-state index is -0.278. The lowest BCUT2D eigenvalue weighted by Crippen LogP contribution is -2.47. The van der Waals surface area contributed by atoms with E-state index in [4.69, 9.17) is 29.5 Å². The second-order valence-corrected chi connectivity index (χ2v) is 28.7. The first kappa shape index (κ1) is 62.7. The highest BCUT2D eigenvalue weighted by Gasteiger charge is 2.54. The standard InChI is InChI=1S/C24H35N3O3.2C24H33N3O3/c3*1-2-30-24(29)20-15-12-13-16(14-15)21(20)25-23(28)22-18-10-6-7-11-19(18)27(26-22)17-8-4-3-5-9-17/h15-17,20-21H,2-14H2,1H3,(H,25,28);2*12-13,15-17,20-21H,2-11,14H2,1H3,(H,25,28)/t3*15?,16?,20-,21+/m110/s1. The van der Waals surface area contributed by atoms with E-state index in [1.165, 1.54) is 113 Å². The number of carbonyl (C=O) groups excluding carboxylic acids is 6. The van der Waals surface area contributed by atoms with E-state index >= 15 is 0 Å². The van der Waals surface area contributed by atoms with Crippen LogP contribution >= 0.6 is 0 Å². The van der Waals surface area contributed by atoms with Crippen molar-refractivity contribution < 1.29 is 43.0 Å². The maximum absolute atomic E-state index is 13.4. The Bertz CT molecular complexity index is 3030. The van der Waals surface area contributed by atoms with Crippen molar-refractivity contribution in [1.82, 2.24) is 45.3 Å². The zero-order chi connectivity index (χ0) is 62.0. The molecule has 0 spiro atoms. The number of fused-ring (bicyclic) bond motifs is 9. The van der Waals surface area contributed by atoms with E-state index in [9.17, 15) is 28.8 Å². The third-order valence-electron chi connectivity index (χ3n) is 23.4. The van der Waals surface area contributed by atoms with Gasteiger partial charge in [-0.3, -0.25) is 42.8 Å². The molecule has 15 rings (SSSR count). The van der Waals surface area contributed by atoms with Crippen molar-refractivity contribution in [2.24, 2.45) is 53.3 Å². The number of nitrogens with zero attached hydrogens (tertiary/aromatic N) is 6. The van der Waals surface area contributed by atoms with Crippen LogP contribution in [0.4, 0.5) is 0 Å². The lowest BCUT2D eigenvalue weighted by Gasteiger charge is -2.30. The zero-order valence-electron chi connectivity index (χ0n) is 54.1. The predicted octanol–water partition coefficient (Wildman–Crippen LogP) is 11.5. The first-order valence-corrected chi connectivity index (χ1v) is 36.1. The van der Waals surface area contributed by atoms with Crippen molar-refractivity contribution in [1.29, 1.82) is 0 Å². The SMILES string of the molecule is CCOC(=O)[C@@H]1C2C=CC(C2)[C@@H]1NC(=O)c1nn(C2CCCCC2)c2c1CCCC2.CCOC(=O)[C@@H]1C2CCC(C2)[C@@H]1NC(=O)c1nn(C2CCCCC2)c2c1CCCC2.CCOC(=O)[C@H]1C2C=CC(C2)[C@H]1NC(=O)c1nn(C2CCCCC2)c2c1CCCC2. The van der Waals surface area contributed by atoms with E-state index in [1.54, 1.807) is 0 Å². The van der Waals surface area contributed by atoms with Gasteiger partial charge in [0.15, 0.2) is 17.1 Å². The number of allylic oxidation sites excluding steroid dienone is 2. The molecule has 3 N–H and O–H groups in total. The molecular formula is C72H101N9O9. The fourth-order valence-corrected chi connectivity index (χ4v) is 19.2. The summed E-state index contributed by atoms with van der Waals surface area (Å²) in [5.41, 5.74) is 9.16. The van der Waals surface area contributed by atoms with Crippen molar-refractivity contribution in [3.63, 3.8) is 0 Å². The van der Waals surface area contributed by atoms with Gasteiger partial charge in [0.25, 0.3) is 17.7 Å². The molecule has 0 aliphatic heterocycles. The monoisotopic (exact) mass is 1240 g/mol. The molecule has 6 unspecified atom stereocenters. The molecule has 18 heteroatoms. The van der Waals surface area contributed by atoms with Crippen molar-refractivity contribution in [2.45, 2.75) is 262 Å². The summed E-state index contributed by atoms with van der Waals surface area (Å²) in [5.74, 6) is -0.0219. The molecule has 12 aliphatic rings. The number of hydrogen-bond acceptors (Lipinski definition) is 12. The molecule has 12 aliphatic carbocycles. The van der Waals surface area contributed by atoms with Gasteiger partial charge < -0.3 is 30.2 Å². The molecule has 0 radical (unpaired) electrons. The molecule has 488 valence electrons. The van der Waals surface area contributed by atoms with E-state index in [0.29, 0.717) is 66.9 Å². The van der Waals surface area contributed by atoms with Gasteiger partial charge in [-0.25, -0.2) is 0 Å². The van der Waals surface area contributed by atoms with Crippen molar-refractivity contribution in [3.8, 4) is 0 Å². The van der Waals surface area contributed by atoms with E-state index in [1.807, 2.05) is 20.8 Å². The number of aromatic nitrogens is 6. The van der Waals surface area contributed by atoms with Crippen LogP contribution in [0.2, 0.25) is 0 Å². The van der Waals surface area contributed by atoms with E-state index < -0.39 is 0 Å². The van der Waals surface area contributed by atoms with Gasteiger partial charge in [-0.2, -0.15) is 15.3 Å². The molecule has 0 aromatic carbocycles. The molecule has 7 fully saturated rings. The number of amides is 3. The van der Waals surface area contributed by atoms with Crippen LogP contribution < -0.4 is 16.0 Å². The lowest BCUT2D eigenvalue weighted by molar-refractivity contribution is -0.151. The molecule has 3 aromatic rings. The smallest absolute Gasteiger partial charge is 0.311 e. The summed E-state index contributed by atoms with van der Waals surface area (Å²) in [6.45, 7) is 6.65. The van der Waals surface area contributed by atoms with E-state index in [-0.39, 0.29) is 95.2 Å². The highest BCUT2D eigenvalue weighted by molar-refractivity contribution is 5.96. The number of hydrogen-bond donors (Lipinski definition) is 3. The quantitative estimate of drug-likeness (QED) is 0.0735. The molecule has 3 amide bonds. The zero-order valence-corrected chi connectivity index (χ0v) is 54.1. The molecule has 90 heavy (non-hydrogen) atoms. The van der Waals surface area contributed by atoms with E-state index in [0.717, 1.165) is 127 Å². The lowest BCUT2D eigenvalue weighted by atomic mass is 9.84. The average molecular weight is 1240 g/mol. The number of nitrogens with one attached hydrogen (secondary N) is 3. The fourth-order valence-electron chi connectivity index (χ4n) is 19.2. The Morgan fingerprint density at radius 1 is 0.378 bits per heavy atom. The molecule has 6 bridgehead atoms. The summed E-state index contributed by atoms with van der Waals surface area (Å²) < 4.78 is 22.6. The van der Waals surface area contributed by atoms with Gasteiger partial charge in [0, 0.05) is 51.9 Å². The normalized spacial score (nSPS) is 30.5. The third kappa shape index (κ3) is 12.5. The van der Waals surface area contributed by atoms with Gasteiger partial charge in [-0.15, -0.1) is 0 Å². The Kier molecular flexibility index (Phi) is 19.5. The van der Waals surface area contributed by atoms with E-state index in [2.05, 4.69) is 54.3 Å². The van der Waals surface area contributed by atoms with Crippen LogP contribution in [-0.2, 0) is 67.1 Å². The van der Waals surface area contributed by atoms with Gasteiger partial charge in [-0.1, -0.05) is 82.1 Å². The Hall–Kier alpha value is -6.07. The van der Waals surface area contributed by atoms with Crippen LogP contribution in [0.1, 0.15) is 271 Å². The second-order valence-electron chi connectivity index (χ2n) is 28.7. The minimum absolute atomic E-state index is 0.0745. The van der Waals surface area contributed by atoms with Gasteiger partial charge in [0.1, 0.15) is 0 Å². The maximum atomic E-state index is 13.4. The molecule has 18 nitrogen and oxygen atoms in total. The Labute approximate surface area is 532 Å². The van der Waals surface area contributed by atoms with Gasteiger partial charge in [0.05, 0.1) is 55.7 Å².